The standard InChI is InChI=1S/C23H32F2O/c1-3-4-16-5-7-17(8-6-16)18-9-11-19(12-10-18)21-14-13-20(15(2)26)22(24)23(21)25/h13-14,16-19H,3-12H2,1-2H3/t16-,17-,18?,19?. The Labute approximate surface area is 156 Å². The van der Waals surface area contributed by atoms with Crippen LogP contribution in [0.3, 0.4) is 0 Å². The highest BCUT2D eigenvalue weighted by Crippen LogP contribution is 2.45. The van der Waals surface area contributed by atoms with Crippen LogP contribution < -0.4 is 0 Å². The summed E-state index contributed by atoms with van der Waals surface area (Å²) in [5, 5.41) is 0. The van der Waals surface area contributed by atoms with Gasteiger partial charge in [0.2, 0.25) is 0 Å². The minimum Gasteiger partial charge on any atom is -0.294 e. The van der Waals surface area contributed by atoms with E-state index in [4.69, 9.17) is 0 Å². The number of rotatable bonds is 5. The van der Waals surface area contributed by atoms with E-state index in [0.29, 0.717) is 5.56 Å². The molecular formula is C23H32F2O. The molecule has 3 rings (SSSR count). The summed E-state index contributed by atoms with van der Waals surface area (Å²) in [6.45, 7) is 3.55. The third kappa shape index (κ3) is 4.18. The van der Waals surface area contributed by atoms with Gasteiger partial charge in [0.1, 0.15) is 0 Å². The summed E-state index contributed by atoms with van der Waals surface area (Å²) in [6.07, 6.45) is 12.3. The van der Waals surface area contributed by atoms with Crippen LogP contribution in [0.4, 0.5) is 8.78 Å². The van der Waals surface area contributed by atoms with Gasteiger partial charge in [-0.25, -0.2) is 8.78 Å². The highest BCUT2D eigenvalue weighted by molar-refractivity contribution is 5.94. The first-order valence-corrected chi connectivity index (χ1v) is 10.5. The van der Waals surface area contributed by atoms with Crippen LogP contribution in [-0.2, 0) is 0 Å². The van der Waals surface area contributed by atoms with Crippen LogP contribution in [0.1, 0.15) is 99.9 Å². The molecule has 0 unspecified atom stereocenters. The molecule has 1 aromatic carbocycles. The number of carbonyl (C=O) groups is 1. The fourth-order valence-corrected chi connectivity index (χ4v) is 5.41. The minimum atomic E-state index is -0.966. The van der Waals surface area contributed by atoms with Gasteiger partial charge in [0.25, 0.3) is 0 Å². The summed E-state index contributed by atoms with van der Waals surface area (Å²) >= 11 is 0. The van der Waals surface area contributed by atoms with Crippen LogP contribution >= 0.6 is 0 Å². The number of hydrogen-bond acceptors (Lipinski definition) is 1. The number of Topliss-reactive ketones (excluding diaryl/α,β-unsaturated/α-hetero) is 1. The monoisotopic (exact) mass is 362 g/mol. The van der Waals surface area contributed by atoms with Crippen LogP contribution in [-0.4, -0.2) is 5.78 Å². The zero-order chi connectivity index (χ0) is 18.7. The lowest BCUT2D eigenvalue weighted by Gasteiger charge is -2.38. The van der Waals surface area contributed by atoms with Crippen molar-refractivity contribution >= 4 is 5.78 Å². The van der Waals surface area contributed by atoms with Gasteiger partial charge >= 0.3 is 0 Å². The van der Waals surface area contributed by atoms with E-state index < -0.39 is 17.4 Å². The largest absolute Gasteiger partial charge is 0.294 e. The first-order valence-electron chi connectivity index (χ1n) is 10.5. The van der Waals surface area contributed by atoms with Crippen molar-refractivity contribution in [3.05, 3.63) is 34.9 Å². The van der Waals surface area contributed by atoms with Crippen LogP contribution in [0.25, 0.3) is 0 Å². The number of benzene rings is 1. The van der Waals surface area contributed by atoms with E-state index in [2.05, 4.69) is 6.92 Å². The van der Waals surface area contributed by atoms with E-state index in [1.54, 1.807) is 6.07 Å². The summed E-state index contributed by atoms with van der Waals surface area (Å²) in [6, 6.07) is 3.09. The van der Waals surface area contributed by atoms with Crippen molar-refractivity contribution in [2.75, 3.05) is 0 Å². The average molecular weight is 363 g/mol. The quantitative estimate of drug-likeness (QED) is 0.513. The topological polar surface area (TPSA) is 17.1 Å². The lowest BCUT2D eigenvalue weighted by Crippen LogP contribution is -2.25. The molecule has 144 valence electrons. The van der Waals surface area contributed by atoms with Crippen molar-refractivity contribution in [1.82, 2.24) is 0 Å². The summed E-state index contributed by atoms with van der Waals surface area (Å²) < 4.78 is 28.6. The van der Waals surface area contributed by atoms with Gasteiger partial charge in [0.15, 0.2) is 17.4 Å². The van der Waals surface area contributed by atoms with Gasteiger partial charge in [0, 0.05) is 0 Å². The van der Waals surface area contributed by atoms with Gasteiger partial charge in [-0.05, 0) is 80.8 Å². The Morgan fingerprint density at radius 2 is 1.50 bits per heavy atom. The first kappa shape index (κ1) is 19.5. The highest BCUT2D eigenvalue weighted by atomic mass is 19.2. The Balaban J connectivity index is 1.58. The smallest absolute Gasteiger partial charge is 0.169 e. The van der Waals surface area contributed by atoms with Crippen molar-refractivity contribution in [1.29, 1.82) is 0 Å². The van der Waals surface area contributed by atoms with E-state index in [9.17, 15) is 13.6 Å². The van der Waals surface area contributed by atoms with E-state index >= 15 is 0 Å². The number of carbonyl (C=O) groups excluding carboxylic acids is 1. The molecule has 3 heteroatoms. The van der Waals surface area contributed by atoms with E-state index in [1.807, 2.05) is 0 Å². The second kappa shape index (κ2) is 8.63. The molecule has 0 N–H and O–H groups in total. The normalized spacial score (nSPS) is 29.5. The molecule has 0 saturated heterocycles. The highest BCUT2D eigenvalue weighted by Gasteiger charge is 2.32. The van der Waals surface area contributed by atoms with Crippen molar-refractivity contribution in [3.8, 4) is 0 Å². The van der Waals surface area contributed by atoms with Gasteiger partial charge in [-0.3, -0.25) is 4.79 Å². The molecule has 0 atom stereocenters. The van der Waals surface area contributed by atoms with Gasteiger partial charge in [0.05, 0.1) is 5.56 Å². The summed E-state index contributed by atoms with van der Waals surface area (Å²) in [5.74, 6) is 0.439. The third-order valence-corrected chi connectivity index (χ3v) is 6.96. The number of ketones is 1. The lowest BCUT2D eigenvalue weighted by molar-refractivity contribution is 0.101. The molecule has 1 nitrogen and oxygen atoms in total. The summed E-state index contributed by atoms with van der Waals surface area (Å²) in [4.78, 5) is 11.4. The van der Waals surface area contributed by atoms with E-state index in [1.165, 1.54) is 51.5 Å². The molecule has 0 radical (unpaired) electrons. The molecular weight excluding hydrogens is 330 g/mol. The van der Waals surface area contributed by atoms with Crippen LogP contribution in [0, 0.1) is 29.4 Å². The fraction of sp³-hybridized carbons (Fsp3) is 0.696. The predicted molar refractivity (Wildman–Crippen MR) is 101 cm³/mol. The maximum Gasteiger partial charge on any atom is 0.169 e. The maximum atomic E-state index is 14.4. The van der Waals surface area contributed by atoms with Gasteiger partial charge in [-0.1, -0.05) is 38.7 Å². The Bertz CT molecular complexity index is 623. The Morgan fingerprint density at radius 1 is 0.923 bits per heavy atom. The van der Waals surface area contributed by atoms with Gasteiger partial charge < -0.3 is 0 Å². The van der Waals surface area contributed by atoms with E-state index in [0.717, 1.165) is 43.4 Å². The SMILES string of the molecule is CCC[C@H]1CC[C@H](C2CCC(c3ccc(C(C)=O)c(F)c3F)CC2)CC1. The molecule has 0 bridgehead atoms. The average Bonchev–Trinajstić information content (AvgIpc) is 2.65. The van der Waals surface area contributed by atoms with Gasteiger partial charge in [-0.15, -0.1) is 0 Å². The second-order valence-electron chi connectivity index (χ2n) is 8.57. The molecule has 0 amide bonds. The number of hydrogen-bond donors (Lipinski definition) is 0. The molecule has 2 aliphatic carbocycles. The summed E-state index contributed by atoms with van der Waals surface area (Å²) in [5.41, 5.74) is 0.335. The Morgan fingerprint density at radius 3 is 2.04 bits per heavy atom. The first-order chi connectivity index (χ1) is 12.5. The van der Waals surface area contributed by atoms with Crippen molar-refractivity contribution in [2.45, 2.75) is 84.0 Å². The van der Waals surface area contributed by atoms with Crippen molar-refractivity contribution < 1.29 is 13.6 Å². The predicted octanol–water partition coefficient (Wildman–Crippen LogP) is 7.05. The zero-order valence-electron chi connectivity index (χ0n) is 16.2. The fourth-order valence-electron chi connectivity index (χ4n) is 5.41. The summed E-state index contributed by atoms with van der Waals surface area (Å²) in [7, 11) is 0. The van der Waals surface area contributed by atoms with Gasteiger partial charge in [-0.2, -0.15) is 0 Å². The number of halogens is 2. The maximum absolute atomic E-state index is 14.4. The van der Waals surface area contributed by atoms with Crippen LogP contribution in [0.2, 0.25) is 0 Å². The molecule has 2 aliphatic rings. The molecule has 0 aliphatic heterocycles. The molecule has 2 fully saturated rings. The molecule has 0 aromatic heterocycles. The molecule has 26 heavy (non-hydrogen) atoms. The minimum absolute atomic E-state index is 0.0955. The molecule has 2 saturated carbocycles. The van der Waals surface area contributed by atoms with E-state index in [-0.39, 0.29) is 11.5 Å². The Kier molecular flexibility index (Phi) is 6.47. The van der Waals surface area contributed by atoms with Crippen molar-refractivity contribution in [3.63, 3.8) is 0 Å². The Hall–Kier alpha value is -1.25. The van der Waals surface area contributed by atoms with Crippen LogP contribution in [0.15, 0.2) is 12.1 Å². The lowest BCUT2D eigenvalue weighted by atomic mass is 9.68. The molecule has 1 aromatic rings. The second-order valence-corrected chi connectivity index (χ2v) is 8.57. The van der Waals surface area contributed by atoms with Crippen LogP contribution in [0.5, 0.6) is 0 Å². The third-order valence-electron chi connectivity index (χ3n) is 6.96. The zero-order valence-corrected chi connectivity index (χ0v) is 16.2. The van der Waals surface area contributed by atoms with Crippen molar-refractivity contribution in [2.24, 2.45) is 17.8 Å². The molecule has 0 heterocycles. The molecule has 0 spiro atoms.